The molecule has 6 heteroatoms. The van der Waals surface area contributed by atoms with Crippen LogP contribution in [0.3, 0.4) is 0 Å². The Labute approximate surface area is 128 Å². The molecule has 0 atom stereocenters. The standard InChI is InChI=1S/C16H15N5O/c1-22-12-7-5-11(6-8-12)13-10-19-21-16(20-17)15(13)14-4-2-3-9-18-14/h2-10H,17H2,1H3,(H,20,21). The summed E-state index contributed by atoms with van der Waals surface area (Å²) in [5.41, 5.74) is 6.04. The van der Waals surface area contributed by atoms with Crippen LogP contribution in [0.5, 0.6) is 5.75 Å². The van der Waals surface area contributed by atoms with Crippen molar-refractivity contribution in [2.75, 3.05) is 12.5 Å². The predicted molar refractivity (Wildman–Crippen MR) is 85.1 cm³/mol. The Morgan fingerprint density at radius 3 is 2.55 bits per heavy atom. The van der Waals surface area contributed by atoms with Crippen LogP contribution < -0.4 is 16.0 Å². The molecule has 0 amide bonds. The maximum Gasteiger partial charge on any atom is 0.172 e. The highest BCUT2D eigenvalue weighted by Crippen LogP contribution is 2.35. The van der Waals surface area contributed by atoms with E-state index in [1.165, 1.54) is 0 Å². The lowest BCUT2D eigenvalue weighted by atomic mass is 9.99. The first-order chi connectivity index (χ1) is 10.8. The topological polar surface area (TPSA) is 86.0 Å². The zero-order valence-corrected chi connectivity index (χ0v) is 12.0. The third-order valence-electron chi connectivity index (χ3n) is 3.31. The molecule has 3 aromatic rings. The summed E-state index contributed by atoms with van der Waals surface area (Å²) in [6, 6.07) is 13.4. The molecule has 0 fully saturated rings. The number of aromatic nitrogens is 3. The number of methoxy groups -OCH3 is 1. The minimum absolute atomic E-state index is 0.479. The molecule has 0 bridgehead atoms. The van der Waals surface area contributed by atoms with Crippen molar-refractivity contribution in [3.63, 3.8) is 0 Å². The van der Waals surface area contributed by atoms with Crippen LogP contribution in [0.1, 0.15) is 0 Å². The fraction of sp³-hybridized carbons (Fsp3) is 0.0625. The van der Waals surface area contributed by atoms with Crippen LogP contribution in [0.15, 0.2) is 54.9 Å². The largest absolute Gasteiger partial charge is 0.497 e. The highest BCUT2D eigenvalue weighted by Gasteiger charge is 2.15. The van der Waals surface area contributed by atoms with Crippen LogP contribution in [0.2, 0.25) is 0 Å². The number of nitrogen functional groups attached to an aromatic ring is 1. The summed E-state index contributed by atoms with van der Waals surface area (Å²) in [6.45, 7) is 0. The molecule has 2 heterocycles. The second kappa shape index (κ2) is 6.19. The third kappa shape index (κ3) is 2.59. The van der Waals surface area contributed by atoms with Gasteiger partial charge in [0.25, 0.3) is 0 Å². The van der Waals surface area contributed by atoms with Gasteiger partial charge in [-0.2, -0.15) is 5.10 Å². The average Bonchev–Trinajstić information content (AvgIpc) is 2.62. The third-order valence-corrected chi connectivity index (χ3v) is 3.31. The van der Waals surface area contributed by atoms with Crippen molar-refractivity contribution < 1.29 is 4.74 Å². The molecule has 1 aromatic carbocycles. The van der Waals surface area contributed by atoms with Crippen LogP contribution in [0, 0.1) is 0 Å². The van der Waals surface area contributed by atoms with Crippen LogP contribution >= 0.6 is 0 Å². The van der Waals surface area contributed by atoms with E-state index in [0.29, 0.717) is 5.82 Å². The molecule has 3 rings (SSSR count). The van der Waals surface area contributed by atoms with Gasteiger partial charge < -0.3 is 10.2 Å². The monoisotopic (exact) mass is 293 g/mol. The lowest BCUT2D eigenvalue weighted by Gasteiger charge is -2.12. The summed E-state index contributed by atoms with van der Waals surface area (Å²) in [7, 11) is 1.64. The average molecular weight is 293 g/mol. The van der Waals surface area contributed by atoms with Crippen molar-refractivity contribution in [1.82, 2.24) is 15.2 Å². The number of ether oxygens (including phenoxy) is 1. The van der Waals surface area contributed by atoms with Crippen molar-refractivity contribution in [2.24, 2.45) is 5.84 Å². The van der Waals surface area contributed by atoms with Crippen molar-refractivity contribution >= 4 is 5.82 Å². The molecule has 6 nitrogen and oxygen atoms in total. The van der Waals surface area contributed by atoms with E-state index in [0.717, 1.165) is 28.1 Å². The zero-order chi connectivity index (χ0) is 15.4. The number of rotatable bonds is 4. The molecule has 0 saturated heterocycles. The predicted octanol–water partition coefficient (Wildman–Crippen LogP) is 2.50. The summed E-state index contributed by atoms with van der Waals surface area (Å²) in [5, 5.41) is 8.05. The van der Waals surface area contributed by atoms with Gasteiger partial charge in [0.05, 0.1) is 24.6 Å². The van der Waals surface area contributed by atoms with Crippen molar-refractivity contribution in [2.45, 2.75) is 0 Å². The van der Waals surface area contributed by atoms with Crippen molar-refractivity contribution in [3.8, 4) is 28.1 Å². The van der Waals surface area contributed by atoms with Gasteiger partial charge in [-0.1, -0.05) is 18.2 Å². The Morgan fingerprint density at radius 2 is 1.91 bits per heavy atom. The number of benzene rings is 1. The summed E-state index contributed by atoms with van der Waals surface area (Å²) in [5.74, 6) is 6.85. The Hall–Kier alpha value is -2.99. The fourth-order valence-corrected chi connectivity index (χ4v) is 2.25. The number of anilines is 1. The molecule has 0 aliphatic carbocycles. The highest BCUT2D eigenvalue weighted by molar-refractivity contribution is 5.88. The lowest BCUT2D eigenvalue weighted by Crippen LogP contribution is -2.11. The summed E-state index contributed by atoms with van der Waals surface area (Å²) in [4.78, 5) is 4.39. The maximum atomic E-state index is 5.58. The van der Waals surface area contributed by atoms with E-state index in [1.54, 1.807) is 19.5 Å². The minimum Gasteiger partial charge on any atom is -0.497 e. The summed E-state index contributed by atoms with van der Waals surface area (Å²) in [6.07, 6.45) is 3.43. The Kier molecular flexibility index (Phi) is 3.93. The van der Waals surface area contributed by atoms with Crippen molar-refractivity contribution in [3.05, 3.63) is 54.9 Å². The number of pyridine rings is 1. The number of nitrogens with one attached hydrogen (secondary N) is 1. The van der Waals surface area contributed by atoms with Gasteiger partial charge in [-0.3, -0.25) is 4.98 Å². The van der Waals surface area contributed by atoms with Gasteiger partial charge >= 0.3 is 0 Å². The molecule has 3 N–H and O–H groups in total. The molecule has 0 aliphatic rings. The molecule has 22 heavy (non-hydrogen) atoms. The smallest absolute Gasteiger partial charge is 0.172 e. The second-order valence-corrected chi connectivity index (χ2v) is 4.57. The van der Waals surface area contributed by atoms with Gasteiger partial charge in [-0.15, -0.1) is 5.10 Å². The van der Waals surface area contributed by atoms with E-state index in [4.69, 9.17) is 10.6 Å². The van der Waals surface area contributed by atoms with Gasteiger partial charge in [0.1, 0.15) is 5.75 Å². The van der Waals surface area contributed by atoms with Crippen LogP contribution in [0.25, 0.3) is 22.4 Å². The first kappa shape index (κ1) is 14.0. The first-order valence-corrected chi connectivity index (χ1v) is 6.71. The molecule has 0 aliphatic heterocycles. The van der Waals surface area contributed by atoms with E-state index in [1.807, 2.05) is 42.5 Å². The molecule has 110 valence electrons. The van der Waals surface area contributed by atoms with E-state index < -0.39 is 0 Å². The maximum absolute atomic E-state index is 5.58. The quantitative estimate of drug-likeness (QED) is 0.568. The van der Waals surface area contributed by atoms with E-state index in [-0.39, 0.29) is 0 Å². The molecular formula is C16H15N5O. The number of nitrogens with two attached hydrogens (primary N) is 1. The summed E-state index contributed by atoms with van der Waals surface area (Å²) < 4.78 is 5.19. The molecule has 0 spiro atoms. The zero-order valence-electron chi connectivity index (χ0n) is 12.0. The first-order valence-electron chi connectivity index (χ1n) is 6.71. The second-order valence-electron chi connectivity index (χ2n) is 4.57. The van der Waals surface area contributed by atoms with Crippen LogP contribution in [-0.2, 0) is 0 Å². The van der Waals surface area contributed by atoms with Gasteiger partial charge in [0.2, 0.25) is 0 Å². The van der Waals surface area contributed by atoms with E-state index in [9.17, 15) is 0 Å². The number of hydrogen-bond acceptors (Lipinski definition) is 6. The van der Waals surface area contributed by atoms with Crippen LogP contribution in [0.4, 0.5) is 5.82 Å². The Bertz CT molecular complexity index is 759. The normalized spacial score (nSPS) is 10.3. The van der Waals surface area contributed by atoms with Crippen LogP contribution in [-0.4, -0.2) is 22.3 Å². The summed E-state index contributed by atoms with van der Waals surface area (Å²) >= 11 is 0. The molecular weight excluding hydrogens is 278 g/mol. The number of hydrogen-bond donors (Lipinski definition) is 2. The van der Waals surface area contributed by atoms with Gasteiger partial charge in [0.15, 0.2) is 5.82 Å². The van der Waals surface area contributed by atoms with E-state index in [2.05, 4.69) is 20.6 Å². The molecule has 0 saturated carbocycles. The van der Waals surface area contributed by atoms with E-state index >= 15 is 0 Å². The van der Waals surface area contributed by atoms with Gasteiger partial charge in [0, 0.05) is 11.8 Å². The van der Waals surface area contributed by atoms with Gasteiger partial charge in [-0.05, 0) is 29.8 Å². The fourth-order valence-electron chi connectivity index (χ4n) is 2.25. The minimum atomic E-state index is 0.479. The molecule has 0 unspecified atom stereocenters. The van der Waals surface area contributed by atoms with Crippen molar-refractivity contribution in [1.29, 1.82) is 0 Å². The SMILES string of the molecule is COc1ccc(-c2cnnc(NN)c2-c2ccccn2)cc1. The Balaban J connectivity index is 2.18. The number of hydrazine groups is 1. The lowest BCUT2D eigenvalue weighted by molar-refractivity contribution is 0.415. The molecule has 0 radical (unpaired) electrons. The van der Waals surface area contributed by atoms with Gasteiger partial charge in [-0.25, -0.2) is 5.84 Å². The Morgan fingerprint density at radius 1 is 1.09 bits per heavy atom. The highest BCUT2D eigenvalue weighted by atomic mass is 16.5. The number of nitrogens with zero attached hydrogens (tertiary/aromatic N) is 3. The molecule has 2 aromatic heterocycles.